The minimum atomic E-state index is -0.0649. The Hall–Kier alpha value is -3.28. The van der Waals surface area contributed by atoms with Gasteiger partial charge in [-0.2, -0.15) is 0 Å². The van der Waals surface area contributed by atoms with Gasteiger partial charge in [0.25, 0.3) is 0 Å². The third-order valence-electron chi connectivity index (χ3n) is 4.49. The van der Waals surface area contributed by atoms with Gasteiger partial charge in [-0.05, 0) is 55.0 Å². The van der Waals surface area contributed by atoms with Crippen LogP contribution in [0.1, 0.15) is 17.9 Å². The fourth-order valence-electron chi connectivity index (χ4n) is 2.81. The number of nitrogens with zero attached hydrogens (tertiary/aromatic N) is 2. The zero-order valence-corrected chi connectivity index (χ0v) is 16.7. The summed E-state index contributed by atoms with van der Waals surface area (Å²) >= 11 is 0. The van der Waals surface area contributed by atoms with Crippen LogP contribution in [0.3, 0.4) is 0 Å². The Morgan fingerprint density at radius 2 is 1.93 bits per heavy atom. The largest absolute Gasteiger partial charge is 0.497 e. The van der Waals surface area contributed by atoms with Crippen molar-refractivity contribution in [2.24, 2.45) is 0 Å². The highest BCUT2D eigenvalue weighted by molar-refractivity contribution is 5.91. The number of amides is 1. The Kier molecular flexibility index (Phi) is 5.99. The van der Waals surface area contributed by atoms with Gasteiger partial charge in [0.2, 0.25) is 5.91 Å². The number of anilines is 2. The first-order valence-corrected chi connectivity index (χ1v) is 9.13. The van der Waals surface area contributed by atoms with E-state index in [0.29, 0.717) is 24.5 Å². The molecule has 2 aromatic carbocycles. The normalized spacial score (nSPS) is 10.6. The minimum absolute atomic E-state index is 0.0649. The van der Waals surface area contributed by atoms with Gasteiger partial charge in [-0.1, -0.05) is 0 Å². The Morgan fingerprint density at radius 1 is 1.18 bits per heavy atom. The molecule has 1 amide bonds. The predicted molar refractivity (Wildman–Crippen MR) is 111 cm³/mol. The SMILES string of the molecule is COc1ccc(-c2cnc(CCC(=O)Nc3ccc(N(C)C)cc3C)o2)cc1. The molecule has 1 aromatic heterocycles. The van der Waals surface area contributed by atoms with Crippen molar-refractivity contribution in [3.05, 3.63) is 60.1 Å². The fourth-order valence-corrected chi connectivity index (χ4v) is 2.81. The van der Waals surface area contributed by atoms with Crippen LogP contribution < -0.4 is 15.0 Å². The van der Waals surface area contributed by atoms with Crippen LogP contribution in [-0.4, -0.2) is 32.1 Å². The molecule has 0 aliphatic rings. The van der Waals surface area contributed by atoms with Gasteiger partial charge in [-0.3, -0.25) is 4.79 Å². The molecule has 0 atom stereocenters. The molecule has 0 unspecified atom stereocenters. The van der Waals surface area contributed by atoms with Gasteiger partial charge in [0, 0.05) is 43.9 Å². The molecule has 0 bridgehead atoms. The number of ether oxygens (including phenoxy) is 1. The highest BCUT2D eigenvalue weighted by Gasteiger charge is 2.11. The summed E-state index contributed by atoms with van der Waals surface area (Å²) in [6.07, 6.45) is 2.42. The number of aryl methyl sites for hydroxylation is 2. The second-order valence-electron chi connectivity index (χ2n) is 6.79. The van der Waals surface area contributed by atoms with Gasteiger partial charge < -0.3 is 19.4 Å². The van der Waals surface area contributed by atoms with E-state index in [0.717, 1.165) is 28.3 Å². The summed E-state index contributed by atoms with van der Waals surface area (Å²) in [5.41, 5.74) is 3.86. The second kappa shape index (κ2) is 8.61. The molecular formula is C22H25N3O3. The summed E-state index contributed by atoms with van der Waals surface area (Å²) in [6.45, 7) is 1.98. The lowest BCUT2D eigenvalue weighted by molar-refractivity contribution is -0.116. The van der Waals surface area contributed by atoms with Crippen molar-refractivity contribution in [3.8, 4) is 17.1 Å². The number of hydrogen-bond acceptors (Lipinski definition) is 5. The van der Waals surface area contributed by atoms with E-state index in [1.165, 1.54) is 0 Å². The number of methoxy groups -OCH3 is 1. The first-order chi connectivity index (χ1) is 13.5. The molecule has 3 rings (SSSR count). The average molecular weight is 379 g/mol. The monoisotopic (exact) mass is 379 g/mol. The van der Waals surface area contributed by atoms with Gasteiger partial charge in [-0.15, -0.1) is 0 Å². The van der Waals surface area contributed by atoms with Gasteiger partial charge in [-0.25, -0.2) is 4.98 Å². The van der Waals surface area contributed by atoms with Crippen molar-refractivity contribution < 1.29 is 13.9 Å². The lowest BCUT2D eigenvalue weighted by Gasteiger charge is -2.15. The molecule has 0 fully saturated rings. The van der Waals surface area contributed by atoms with Crippen molar-refractivity contribution in [1.29, 1.82) is 0 Å². The van der Waals surface area contributed by atoms with Crippen LogP contribution in [0.2, 0.25) is 0 Å². The smallest absolute Gasteiger partial charge is 0.224 e. The first-order valence-electron chi connectivity index (χ1n) is 9.13. The van der Waals surface area contributed by atoms with Crippen LogP contribution in [0, 0.1) is 6.92 Å². The molecule has 146 valence electrons. The van der Waals surface area contributed by atoms with Crippen LogP contribution in [0.4, 0.5) is 11.4 Å². The van der Waals surface area contributed by atoms with Gasteiger partial charge >= 0.3 is 0 Å². The molecule has 1 N–H and O–H groups in total. The van der Waals surface area contributed by atoms with Crippen LogP contribution in [0.15, 0.2) is 53.1 Å². The molecule has 0 aliphatic carbocycles. The summed E-state index contributed by atoms with van der Waals surface area (Å²) in [7, 11) is 5.61. The van der Waals surface area contributed by atoms with Gasteiger partial charge in [0.05, 0.1) is 13.3 Å². The quantitative estimate of drug-likeness (QED) is 0.663. The molecule has 0 aliphatic heterocycles. The number of rotatable bonds is 7. The van der Waals surface area contributed by atoms with E-state index in [1.807, 2.05) is 68.4 Å². The van der Waals surface area contributed by atoms with E-state index in [9.17, 15) is 4.79 Å². The summed E-state index contributed by atoms with van der Waals surface area (Å²) in [5, 5.41) is 2.96. The summed E-state index contributed by atoms with van der Waals surface area (Å²) in [5.74, 6) is 1.94. The zero-order valence-electron chi connectivity index (χ0n) is 16.7. The Bertz CT molecular complexity index is 946. The van der Waals surface area contributed by atoms with E-state index in [2.05, 4.69) is 10.3 Å². The standard InChI is InChI=1S/C22H25N3O3/c1-15-13-17(25(2)3)7-10-19(15)24-21(26)11-12-22-23-14-20(28-22)16-5-8-18(27-4)9-6-16/h5-10,13-14H,11-12H2,1-4H3,(H,24,26). The topological polar surface area (TPSA) is 67.6 Å². The van der Waals surface area contributed by atoms with Gasteiger partial charge in [0.15, 0.2) is 11.7 Å². The maximum atomic E-state index is 12.3. The lowest BCUT2D eigenvalue weighted by Crippen LogP contribution is -2.14. The summed E-state index contributed by atoms with van der Waals surface area (Å²) in [4.78, 5) is 18.6. The molecule has 6 heteroatoms. The predicted octanol–water partition coefficient (Wildman–Crippen LogP) is 4.30. The molecule has 28 heavy (non-hydrogen) atoms. The maximum absolute atomic E-state index is 12.3. The summed E-state index contributed by atoms with van der Waals surface area (Å²) < 4.78 is 10.9. The van der Waals surface area contributed by atoms with E-state index in [1.54, 1.807) is 13.3 Å². The molecule has 0 radical (unpaired) electrons. The second-order valence-corrected chi connectivity index (χ2v) is 6.79. The van der Waals surface area contributed by atoms with Crippen LogP contribution >= 0.6 is 0 Å². The van der Waals surface area contributed by atoms with Crippen LogP contribution in [-0.2, 0) is 11.2 Å². The number of benzene rings is 2. The van der Waals surface area contributed by atoms with Crippen molar-refractivity contribution in [2.45, 2.75) is 19.8 Å². The van der Waals surface area contributed by atoms with Crippen molar-refractivity contribution in [2.75, 3.05) is 31.4 Å². The van der Waals surface area contributed by atoms with E-state index in [-0.39, 0.29) is 5.91 Å². The number of oxazole rings is 1. The number of nitrogens with one attached hydrogen (secondary N) is 1. The lowest BCUT2D eigenvalue weighted by atomic mass is 10.1. The third-order valence-corrected chi connectivity index (χ3v) is 4.49. The molecule has 0 saturated heterocycles. The van der Waals surface area contributed by atoms with E-state index in [4.69, 9.17) is 9.15 Å². The molecular weight excluding hydrogens is 354 g/mol. The molecule has 1 heterocycles. The highest BCUT2D eigenvalue weighted by atomic mass is 16.5. The first kappa shape index (κ1) is 19.5. The van der Waals surface area contributed by atoms with Crippen molar-refractivity contribution in [1.82, 2.24) is 4.98 Å². The molecule has 6 nitrogen and oxygen atoms in total. The minimum Gasteiger partial charge on any atom is -0.497 e. The summed E-state index contributed by atoms with van der Waals surface area (Å²) in [6, 6.07) is 13.5. The van der Waals surface area contributed by atoms with Crippen molar-refractivity contribution in [3.63, 3.8) is 0 Å². The Morgan fingerprint density at radius 3 is 2.57 bits per heavy atom. The maximum Gasteiger partial charge on any atom is 0.224 e. The third kappa shape index (κ3) is 4.71. The number of hydrogen-bond donors (Lipinski definition) is 1. The highest BCUT2D eigenvalue weighted by Crippen LogP contribution is 2.24. The van der Waals surface area contributed by atoms with Crippen LogP contribution in [0.25, 0.3) is 11.3 Å². The number of aromatic nitrogens is 1. The van der Waals surface area contributed by atoms with E-state index >= 15 is 0 Å². The van der Waals surface area contributed by atoms with Crippen molar-refractivity contribution >= 4 is 17.3 Å². The molecule has 0 saturated carbocycles. The fraction of sp³-hybridized carbons (Fsp3) is 0.273. The molecule has 0 spiro atoms. The Balaban J connectivity index is 1.57. The molecule has 3 aromatic rings. The zero-order chi connectivity index (χ0) is 20.1. The van der Waals surface area contributed by atoms with Crippen LogP contribution in [0.5, 0.6) is 5.75 Å². The average Bonchev–Trinajstić information content (AvgIpc) is 3.17. The Labute approximate surface area is 165 Å². The van der Waals surface area contributed by atoms with E-state index < -0.39 is 0 Å². The number of carbonyl (C=O) groups excluding carboxylic acids is 1. The number of carbonyl (C=O) groups is 1. The van der Waals surface area contributed by atoms with Gasteiger partial charge in [0.1, 0.15) is 5.75 Å².